The number of hydrogen-bond acceptors (Lipinski definition) is 8. The number of hydrogen-bond donors (Lipinski definition) is 1. The number of nitrogens with zero attached hydrogens (tertiary/aromatic N) is 2. The summed E-state index contributed by atoms with van der Waals surface area (Å²) in [5, 5.41) is 24.3. The van der Waals surface area contributed by atoms with Crippen LogP contribution in [0.25, 0.3) is 0 Å². The SMILES string of the molecule is CCOCCOC(=O)c1cccc(NC(=O)c2cc([N+](=O)[O-])cc([N+](=O)[O-])c2)c1. The maximum Gasteiger partial charge on any atom is 0.338 e. The van der Waals surface area contributed by atoms with Crippen molar-refractivity contribution in [2.24, 2.45) is 0 Å². The van der Waals surface area contributed by atoms with Crippen molar-refractivity contribution in [2.45, 2.75) is 6.92 Å². The van der Waals surface area contributed by atoms with Gasteiger partial charge in [0.1, 0.15) is 6.61 Å². The second-order valence-electron chi connectivity index (χ2n) is 5.62. The zero-order valence-electron chi connectivity index (χ0n) is 15.3. The highest BCUT2D eigenvalue weighted by Gasteiger charge is 2.20. The molecule has 0 saturated carbocycles. The maximum atomic E-state index is 12.4. The number of anilines is 1. The highest BCUT2D eigenvalue weighted by atomic mass is 16.6. The molecule has 11 nitrogen and oxygen atoms in total. The summed E-state index contributed by atoms with van der Waals surface area (Å²) in [7, 11) is 0. The molecule has 0 fully saturated rings. The Morgan fingerprint density at radius 2 is 1.62 bits per heavy atom. The van der Waals surface area contributed by atoms with Gasteiger partial charge in [-0.2, -0.15) is 0 Å². The molecule has 1 N–H and O–H groups in total. The van der Waals surface area contributed by atoms with E-state index in [4.69, 9.17) is 9.47 Å². The van der Waals surface area contributed by atoms with Crippen LogP contribution in [0.15, 0.2) is 42.5 Å². The molecule has 2 aromatic carbocycles. The van der Waals surface area contributed by atoms with E-state index in [1.165, 1.54) is 24.3 Å². The van der Waals surface area contributed by atoms with Crippen molar-refractivity contribution in [1.82, 2.24) is 0 Å². The molecular formula is C18H17N3O8. The van der Waals surface area contributed by atoms with Crippen molar-refractivity contribution in [1.29, 1.82) is 0 Å². The minimum atomic E-state index is -0.831. The number of carbonyl (C=O) groups is 2. The fourth-order valence-corrected chi connectivity index (χ4v) is 2.29. The molecule has 0 aliphatic carbocycles. The first-order valence-electron chi connectivity index (χ1n) is 8.42. The van der Waals surface area contributed by atoms with Gasteiger partial charge in [-0.05, 0) is 25.1 Å². The fourth-order valence-electron chi connectivity index (χ4n) is 2.29. The van der Waals surface area contributed by atoms with Gasteiger partial charge in [-0.25, -0.2) is 4.79 Å². The molecule has 1 amide bonds. The Kier molecular flexibility index (Phi) is 7.32. The monoisotopic (exact) mass is 403 g/mol. The van der Waals surface area contributed by atoms with Gasteiger partial charge >= 0.3 is 5.97 Å². The Hall–Kier alpha value is -3.86. The summed E-state index contributed by atoms with van der Waals surface area (Å²) in [4.78, 5) is 44.6. The number of esters is 1. The van der Waals surface area contributed by atoms with Gasteiger partial charge in [-0.1, -0.05) is 6.07 Å². The van der Waals surface area contributed by atoms with E-state index in [0.29, 0.717) is 6.61 Å². The lowest BCUT2D eigenvalue weighted by atomic mass is 10.1. The highest BCUT2D eigenvalue weighted by molar-refractivity contribution is 6.05. The van der Waals surface area contributed by atoms with Gasteiger partial charge in [0.15, 0.2) is 0 Å². The summed E-state index contributed by atoms with van der Waals surface area (Å²) in [6, 6.07) is 8.44. The summed E-state index contributed by atoms with van der Waals surface area (Å²) in [5.74, 6) is -1.43. The first-order chi connectivity index (χ1) is 13.8. The number of ether oxygens (including phenoxy) is 2. The standard InChI is InChI=1S/C18H17N3O8/c1-2-28-6-7-29-18(23)12-4-3-5-14(8-12)19-17(22)13-9-15(20(24)25)11-16(10-13)21(26)27/h3-5,8-11H,2,6-7H2,1H3,(H,19,22). The van der Waals surface area contributed by atoms with E-state index in [-0.39, 0.29) is 30.0 Å². The molecule has 0 spiro atoms. The van der Waals surface area contributed by atoms with Crippen LogP contribution in [0.3, 0.4) is 0 Å². The quantitative estimate of drug-likeness (QED) is 0.290. The Labute approximate surface area is 164 Å². The number of nitro benzene ring substituents is 2. The maximum absolute atomic E-state index is 12.4. The van der Waals surface area contributed by atoms with Crippen LogP contribution in [0, 0.1) is 20.2 Å². The van der Waals surface area contributed by atoms with Crippen molar-refractivity contribution in [3.8, 4) is 0 Å². The minimum absolute atomic E-state index is 0.0700. The first-order valence-corrected chi connectivity index (χ1v) is 8.42. The number of non-ortho nitro benzene ring substituents is 2. The predicted molar refractivity (Wildman–Crippen MR) is 101 cm³/mol. The van der Waals surface area contributed by atoms with Crippen LogP contribution < -0.4 is 5.32 Å². The molecule has 29 heavy (non-hydrogen) atoms. The second-order valence-corrected chi connectivity index (χ2v) is 5.62. The molecule has 0 heterocycles. The van der Waals surface area contributed by atoms with Gasteiger partial charge in [-0.15, -0.1) is 0 Å². The van der Waals surface area contributed by atoms with Crippen LogP contribution >= 0.6 is 0 Å². The molecule has 11 heteroatoms. The Morgan fingerprint density at radius 3 is 2.21 bits per heavy atom. The summed E-state index contributed by atoms with van der Waals surface area (Å²) in [6.07, 6.45) is 0. The molecule has 0 aliphatic heterocycles. The Bertz CT molecular complexity index is 912. The molecule has 0 unspecified atom stereocenters. The van der Waals surface area contributed by atoms with E-state index in [9.17, 15) is 29.8 Å². The number of benzene rings is 2. The van der Waals surface area contributed by atoms with Gasteiger partial charge in [0.25, 0.3) is 17.3 Å². The van der Waals surface area contributed by atoms with Crippen molar-refractivity contribution in [3.63, 3.8) is 0 Å². The first kappa shape index (κ1) is 21.4. The van der Waals surface area contributed by atoms with Crippen LogP contribution in [0.4, 0.5) is 17.1 Å². The third-order valence-electron chi connectivity index (χ3n) is 3.61. The Morgan fingerprint density at radius 1 is 0.966 bits per heavy atom. The molecule has 0 atom stereocenters. The van der Waals surface area contributed by atoms with Crippen molar-refractivity contribution < 1.29 is 28.9 Å². The summed E-state index contributed by atoms with van der Waals surface area (Å²) in [5.41, 5.74) is -1.06. The summed E-state index contributed by atoms with van der Waals surface area (Å²) >= 11 is 0. The van der Waals surface area contributed by atoms with Gasteiger partial charge in [0, 0.05) is 24.4 Å². The normalized spacial score (nSPS) is 10.2. The summed E-state index contributed by atoms with van der Waals surface area (Å²) < 4.78 is 10.1. The molecule has 0 saturated heterocycles. The fraction of sp³-hybridized carbons (Fsp3) is 0.222. The Balaban J connectivity index is 2.16. The van der Waals surface area contributed by atoms with Crippen molar-refractivity contribution in [2.75, 3.05) is 25.1 Å². The van der Waals surface area contributed by atoms with Crippen LogP contribution in [-0.2, 0) is 9.47 Å². The lowest BCUT2D eigenvalue weighted by Crippen LogP contribution is -2.14. The average Bonchev–Trinajstić information content (AvgIpc) is 2.70. The summed E-state index contributed by atoms with van der Waals surface area (Å²) in [6.45, 7) is 2.63. The van der Waals surface area contributed by atoms with E-state index >= 15 is 0 Å². The number of carbonyl (C=O) groups excluding carboxylic acids is 2. The lowest BCUT2D eigenvalue weighted by Gasteiger charge is -2.08. The lowest BCUT2D eigenvalue weighted by molar-refractivity contribution is -0.394. The van der Waals surface area contributed by atoms with Crippen molar-refractivity contribution in [3.05, 3.63) is 73.8 Å². The molecule has 0 aromatic heterocycles. The highest BCUT2D eigenvalue weighted by Crippen LogP contribution is 2.23. The van der Waals surface area contributed by atoms with Gasteiger partial charge < -0.3 is 14.8 Å². The van der Waals surface area contributed by atoms with E-state index in [2.05, 4.69) is 5.32 Å². The molecule has 2 aromatic rings. The molecule has 152 valence electrons. The number of amides is 1. The molecule has 0 radical (unpaired) electrons. The molecule has 0 bridgehead atoms. The van der Waals surface area contributed by atoms with Gasteiger partial charge in [-0.3, -0.25) is 25.0 Å². The number of nitro groups is 2. The number of nitrogens with one attached hydrogen (secondary N) is 1. The van der Waals surface area contributed by atoms with Crippen molar-refractivity contribution >= 4 is 28.9 Å². The van der Waals surface area contributed by atoms with E-state index in [0.717, 1.165) is 18.2 Å². The van der Waals surface area contributed by atoms with Crippen LogP contribution in [0.2, 0.25) is 0 Å². The minimum Gasteiger partial charge on any atom is -0.460 e. The van der Waals surface area contributed by atoms with Crippen LogP contribution in [-0.4, -0.2) is 41.5 Å². The third kappa shape index (κ3) is 6.07. The van der Waals surface area contributed by atoms with Gasteiger partial charge in [0.2, 0.25) is 0 Å². The smallest absolute Gasteiger partial charge is 0.338 e. The molecule has 0 aliphatic rings. The van der Waals surface area contributed by atoms with Crippen LogP contribution in [0.5, 0.6) is 0 Å². The average molecular weight is 403 g/mol. The third-order valence-corrected chi connectivity index (χ3v) is 3.61. The molecular weight excluding hydrogens is 386 g/mol. The topological polar surface area (TPSA) is 151 Å². The molecule has 2 rings (SSSR count). The van der Waals surface area contributed by atoms with E-state index in [1.54, 1.807) is 0 Å². The van der Waals surface area contributed by atoms with Crippen LogP contribution in [0.1, 0.15) is 27.6 Å². The van der Waals surface area contributed by atoms with E-state index in [1.807, 2.05) is 6.92 Å². The van der Waals surface area contributed by atoms with E-state index < -0.39 is 33.1 Å². The zero-order valence-corrected chi connectivity index (χ0v) is 15.3. The predicted octanol–water partition coefficient (Wildman–Crippen LogP) is 2.95. The second kappa shape index (κ2) is 9.90. The van der Waals surface area contributed by atoms with Gasteiger partial charge in [0.05, 0.1) is 33.6 Å². The zero-order chi connectivity index (χ0) is 21.4. The number of rotatable bonds is 9. The largest absolute Gasteiger partial charge is 0.460 e.